The largest absolute Gasteiger partial charge is 0.477 e. The number of carboxylic acids is 1. The lowest BCUT2D eigenvalue weighted by Gasteiger charge is -2.50. The number of carbonyl (C=O) groups is 3. The maximum absolute atomic E-state index is 13.2. The van der Waals surface area contributed by atoms with Gasteiger partial charge in [0.05, 0.1) is 50.7 Å². The molecule has 0 aliphatic carbocycles. The third kappa shape index (κ3) is 21.4. The number of carboxylic acid groups (broad SMARTS) is 1. The zero-order chi connectivity index (χ0) is 55.5. The van der Waals surface area contributed by atoms with Crippen molar-refractivity contribution < 1.29 is 104 Å². The minimum absolute atomic E-state index is 0.189. The normalized spacial score (nSPS) is 32.1. The summed E-state index contributed by atoms with van der Waals surface area (Å²) in [7, 11) is 0. The van der Waals surface area contributed by atoms with E-state index < -0.39 is 155 Å². The van der Waals surface area contributed by atoms with Crippen LogP contribution in [0.15, 0.2) is 24.3 Å². The molecule has 0 saturated carbocycles. The molecule has 0 aromatic carbocycles. The maximum atomic E-state index is 13.2. The van der Waals surface area contributed by atoms with E-state index in [0.29, 0.717) is 12.8 Å². The van der Waals surface area contributed by atoms with Gasteiger partial charge in [-0.15, -0.1) is 0 Å². The number of ether oxygens (including phenoxy) is 6. The highest BCUT2D eigenvalue weighted by molar-refractivity contribution is 5.77. The quantitative estimate of drug-likeness (QED) is 0.0292. The third-order valence-electron chi connectivity index (χ3n) is 13.9. The summed E-state index contributed by atoms with van der Waals surface area (Å²) >= 11 is 0. The fourth-order valence-corrected chi connectivity index (χ4v) is 9.40. The van der Waals surface area contributed by atoms with Crippen molar-refractivity contribution >= 4 is 17.8 Å². The van der Waals surface area contributed by atoms with Crippen LogP contribution in [0.4, 0.5) is 0 Å². The van der Waals surface area contributed by atoms with Crippen LogP contribution in [-0.4, -0.2) is 215 Å². The maximum Gasteiger partial charge on any atom is 0.364 e. The molecule has 3 aliphatic heterocycles. The number of aliphatic hydroxyl groups is 11. The highest BCUT2D eigenvalue weighted by Gasteiger charge is 2.60. The van der Waals surface area contributed by atoms with Crippen LogP contribution in [0.25, 0.3) is 0 Å². The van der Waals surface area contributed by atoms with Gasteiger partial charge in [-0.1, -0.05) is 109 Å². The van der Waals surface area contributed by atoms with Crippen LogP contribution in [0.5, 0.6) is 0 Å². The van der Waals surface area contributed by atoms with Crippen molar-refractivity contribution in [2.45, 2.75) is 259 Å². The van der Waals surface area contributed by atoms with E-state index in [-0.39, 0.29) is 12.3 Å². The van der Waals surface area contributed by atoms with Gasteiger partial charge in [0.15, 0.2) is 12.6 Å². The highest BCUT2D eigenvalue weighted by Crippen LogP contribution is 2.38. The average molecular weight is 1080 g/mol. The molecule has 436 valence electrons. The summed E-state index contributed by atoms with van der Waals surface area (Å²) in [5.74, 6) is -6.16. The van der Waals surface area contributed by atoms with Gasteiger partial charge in [-0.25, -0.2) is 4.79 Å². The molecule has 0 spiro atoms. The summed E-state index contributed by atoms with van der Waals surface area (Å²) in [6.45, 7) is 1.98. The third-order valence-corrected chi connectivity index (χ3v) is 13.9. The summed E-state index contributed by atoms with van der Waals surface area (Å²) in [5.41, 5.74) is 0. The van der Waals surface area contributed by atoms with Crippen LogP contribution in [0.3, 0.4) is 0 Å². The molecule has 75 heavy (non-hydrogen) atoms. The van der Waals surface area contributed by atoms with Crippen molar-refractivity contribution in [2.24, 2.45) is 0 Å². The van der Waals surface area contributed by atoms with Gasteiger partial charge in [0.2, 0.25) is 11.8 Å². The Bertz CT molecular complexity index is 1660. The smallest absolute Gasteiger partial charge is 0.364 e. The molecule has 3 heterocycles. The van der Waals surface area contributed by atoms with Gasteiger partial charge in [-0.2, -0.15) is 0 Å². The number of aliphatic hydroxyl groups excluding tert-OH is 11. The minimum atomic E-state index is -3.08. The van der Waals surface area contributed by atoms with Crippen molar-refractivity contribution in [2.75, 3.05) is 26.4 Å². The Morgan fingerprint density at radius 3 is 1.84 bits per heavy atom. The molecule has 3 rings (SSSR count). The first-order valence-electron chi connectivity index (χ1n) is 27.2. The molecule has 18 atom stereocenters. The molecule has 0 bridgehead atoms. The van der Waals surface area contributed by atoms with Gasteiger partial charge in [-0.05, 0) is 44.9 Å². The highest BCUT2D eigenvalue weighted by atomic mass is 16.8. The van der Waals surface area contributed by atoms with Crippen LogP contribution in [0, 0.1) is 0 Å². The lowest BCUT2D eigenvalue weighted by Crippen LogP contribution is -2.70. The SMILES string of the molecule is CCCCC/C=C\CCCCCCCC(=O)NC(COC1OC(CO)C(OC2OC(CO)C(O)C(OC3(C(=O)O)CC(O)C(NC(C)=O)C(C(O)C(O)CO)O3)C2O)C(O)C1O)C(O)/C=C/CCCCCCCCC. The van der Waals surface area contributed by atoms with Gasteiger partial charge in [-0.3, -0.25) is 9.59 Å². The second-order valence-electron chi connectivity index (χ2n) is 20.1. The van der Waals surface area contributed by atoms with Gasteiger partial charge >= 0.3 is 5.97 Å². The predicted molar refractivity (Wildman–Crippen MR) is 269 cm³/mol. The Kier molecular flexibility index (Phi) is 31.6. The molecule has 18 unspecified atom stereocenters. The summed E-state index contributed by atoms with van der Waals surface area (Å²) in [6, 6.07) is -2.62. The number of hydrogen-bond donors (Lipinski definition) is 14. The molecule has 14 N–H and O–H groups in total. The summed E-state index contributed by atoms with van der Waals surface area (Å²) < 4.78 is 34.5. The van der Waals surface area contributed by atoms with E-state index in [1.54, 1.807) is 6.08 Å². The van der Waals surface area contributed by atoms with E-state index in [1.165, 1.54) is 32.1 Å². The van der Waals surface area contributed by atoms with Crippen molar-refractivity contribution in [3.8, 4) is 0 Å². The van der Waals surface area contributed by atoms with Crippen LogP contribution < -0.4 is 10.6 Å². The lowest BCUT2D eigenvalue weighted by atomic mass is 9.88. The van der Waals surface area contributed by atoms with E-state index in [0.717, 1.165) is 77.6 Å². The molecule has 0 aromatic rings. The fraction of sp³-hybridized carbons (Fsp3) is 0.865. The first kappa shape index (κ1) is 66.5. The Hall–Kier alpha value is -2.79. The average Bonchev–Trinajstić information content (AvgIpc) is 3.38. The molecule has 3 saturated heterocycles. The Labute approximate surface area is 441 Å². The fourth-order valence-electron chi connectivity index (χ4n) is 9.40. The monoisotopic (exact) mass is 1080 g/mol. The zero-order valence-electron chi connectivity index (χ0n) is 44.1. The van der Waals surface area contributed by atoms with E-state index in [9.17, 15) is 75.7 Å². The standard InChI is InChI=1S/C52H92N2O21/c1-4-6-8-10-12-14-15-16-18-20-22-24-26-39(62)54-33(34(59)25-23-21-19-17-13-11-9-7-5-2)31-70-49-44(66)43(65)46(38(30-57)72-49)73-50-45(67)48(42(64)37(29-56)71-50)75-52(51(68)69)27-35(60)40(53-32(3)58)47(74-52)41(63)36(61)28-55/h12,14,23,25,33-38,40-50,55-57,59-61,63-67H,4-11,13,15-22,24,26-31H2,1-3H3,(H,53,58)(H,54,62)(H,68,69)/b14-12-,25-23+. The first-order chi connectivity index (χ1) is 35.9. The van der Waals surface area contributed by atoms with Gasteiger partial charge < -0.3 is 100 Å². The van der Waals surface area contributed by atoms with Crippen molar-refractivity contribution in [1.29, 1.82) is 0 Å². The van der Waals surface area contributed by atoms with Crippen LogP contribution in [0.1, 0.15) is 149 Å². The predicted octanol–water partition coefficient (Wildman–Crippen LogP) is 0.211. The minimum Gasteiger partial charge on any atom is -0.477 e. The number of carbonyl (C=O) groups excluding carboxylic acids is 2. The van der Waals surface area contributed by atoms with Crippen LogP contribution in [-0.2, 0) is 42.8 Å². The van der Waals surface area contributed by atoms with E-state index in [4.69, 9.17) is 28.4 Å². The molecule has 3 aliphatic rings. The number of rotatable bonds is 37. The number of aliphatic carboxylic acids is 1. The lowest BCUT2D eigenvalue weighted by molar-refractivity contribution is -0.386. The molecule has 0 radical (unpaired) electrons. The summed E-state index contributed by atoms with van der Waals surface area (Å²) in [4.78, 5) is 38.2. The Balaban J connectivity index is 1.72. The molecule has 3 fully saturated rings. The van der Waals surface area contributed by atoms with Gasteiger partial charge in [0.25, 0.3) is 5.79 Å². The molecule has 0 aromatic heterocycles. The molecular formula is C52H92N2O21. The first-order valence-corrected chi connectivity index (χ1v) is 27.2. The van der Waals surface area contributed by atoms with Crippen molar-refractivity contribution in [1.82, 2.24) is 10.6 Å². The summed E-state index contributed by atoms with van der Waals surface area (Å²) in [5, 5.41) is 135. The van der Waals surface area contributed by atoms with Gasteiger partial charge in [0.1, 0.15) is 67.1 Å². The van der Waals surface area contributed by atoms with E-state index in [2.05, 4.69) is 36.6 Å². The van der Waals surface area contributed by atoms with Crippen LogP contribution >= 0.6 is 0 Å². The van der Waals surface area contributed by atoms with E-state index in [1.807, 2.05) is 6.08 Å². The topological polar surface area (TPSA) is 373 Å². The number of unbranched alkanes of at least 4 members (excludes halogenated alkanes) is 15. The molecule has 23 nitrogen and oxygen atoms in total. The summed E-state index contributed by atoms with van der Waals surface area (Å²) in [6.07, 6.45) is -2.73. The van der Waals surface area contributed by atoms with Crippen LogP contribution in [0.2, 0.25) is 0 Å². The zero-order valence-corrected chi connectivity index (χ0v) is 44.1. The number of allylic oxidation sites excluding steroid dienone is 3. The van der Waals surface area contributed by atoms with Crippen molar-refractivity contribution in [3.05, 3.63) is 24.3 Å². The molecule has 2 amide bonds. The molecular weight excluding hydrogens is 989 g/mol. The second-order valence-corrected chi connectivity index (χ2v) is 20.1. The Morgan fingerprint density at radius 1 is 0.693 bits per heavy atom. The number of amides is 2. The second kappa shape index (κ2) is 35.7. The van der Waals surface area contributed by atoms with Crippen molar-refractivity contribution in [3.63, 3.8) is 0 Å². The van der Waals surface area contributed by atoms with Gasteiger partial charge in [0, 0.05) is 19.8 Å². The number of nitrogens with one attached hydrogen (secondary N) is 2. The van der Waals surface area contributed by atoms with E-state index >= 15 is 0 Å². The Morgan fingerprint density at radius 2 is 1.25 bits per heavy atom. The molecule has 23 heteroatoms. The number of hydrogen-bond acceptors (Lipinski definition) is 20.